The van der Waals surface area contributed by atoms with Crippen molar-refractivity contribution in [1.29, 1.82) is 0 Å². The monoisotopic (exact) mass is 337 g/mol. The molecule has 1 aliphatic rings. The maximum atomic E-state index is 11.8. The number of rotatable bonds is 4. The highest BCUT2D eigenvalue weighted by molar-refractivity contribution is 5.72. The van der Waals surface area contributed by atoms with Crippen LogP contribution >= 0.6 is 0 Å². The quantitative estimate of drug-likeness (QED) is 0.905. The SMILES string of the molecule is CC(C)(C)c1cccc(C2CN(Cc3ccccc3)CC2C(=O)O)c1. The van der Waals surface area contributed by atoms with Gasteiger partial charge in [0.2, 0.25) is 0 Å². The summed E-state index contributed by atoms with van der Waals surface area (Å²) in [6, 6.07) is 18.8. The van der Waals surface area contributed by atoms with Crippen LogP contribution < -0.4 is 0 Å². The van der Waals surface area contributed by atoms with Gasteiger partial charge in [-0.2, -0.15) is 0 Å². The maximum Gasteiger partial charge on any atom is 0.308 e. The fraction of sp³-hybridized carbons (Fsp3) is 0.409. The molecule has 25 heavy (non-hydrogen) atoms. The Balaban J connectivity index is 1.83. The Morgan fingerprint density at radius 3 is 2.44 bits per heavy atom. The molecule has 0 amide bonds. The number of hydrogen-bond donors (Lipinski definition) is 1. The van der Waals surface area contributed by atoms with Gasteiger partial charge in [-0.25, -0.2) is 0 Å². The highest BCUT2D eigenvalue weighted by Gasteiger charge is 2.38. The Morgan fingerprint density at radius 2 is 1.80 bits per heavy atom. The van der Waals surface area contributed by atoms with Crippen LogP contribution in [0.4, 0.5) is 0 Å². The summed E-state index contributed by atoms with van der Waals surface area (Å²) in [5.41, 5.74) is 3.71. The molecule has 1 aliphatic heterocycles. The van der Waals surface area contributed by atoms with Gasteiger partial charge in [0, 0.05) is 25.6 Å². The van der Waals surface area contributed by atoms with Gasteiger partial charge in [-0.3, -0.25) is 9.69 Å². The topological polar surface area (TPSA) is 40.5 Å². The molecule has 2 unspecified atom stereocenters. The third kappa shape index (κ3) is 4.10. The predicted molar refractivity (Wildman–Crippen MR) is 101 cm³/mol. The van der Waals surface area contributed by atoms with Crippen molar-refractivity contribution in [3.05, 3.63) is 71.3 Å². The van der Waals surface area contributed by atoms with E-state index in [4.69, 9.17) is 0 Å². The van der Waals surface area contributed by atoms with E-state index in [0.717, 1.165) is 18.7 Å². The van der Waals surface area contributed by atoms with E-state index in [2.05, 4.69) is 62.1 Å². The number of carboxylic acids is 1. The van der Waals surface area contributed by atoms with Crippen LogP contribution in [0.25, 0.3) is 0 Å². The molecule has 1 N–H and O–H groups in total. The number of aliphatic carboxylic acids is 1. The minimum absolute atomic E-state index is 0.0449. The predicted octanol–water partition coefficient (Wildman–Crippen LogP) is 4.28. The first-order valence-electron chi connectivity index (χ1n) is 8.94. The summed E-state index contributed by atoms with van der Waals surface area (Å²) in [6.45, 7) is 8.78. The molecular weight excluding hydrogens is 310 g/mol. The molecule has 1 fully saturated rings. The van der Waals surface area contributed by atoms with Crippen molar-refractivity contribution in [2.45, 2.75) is 38.6 Å². The highest BCUT2D eigenvalue weighted by Crippen LogP contribution is 2.35. The molecule has 2 aromatic rings. The number of likely N-dealkylation sites (tertiary alicyclic amines) is 1. The number of nitrogens with zero attached hydrogens (tertiary/aromatic N) is 1. The van der Waals surface area contributed by atoms with E-state index in [1.54, 1.807) is 0 Å². The summed E-state index contributed by atoms with van der Waals surface area (Å²) in [4.78, 5) is 14.1. The van der Waals surface area contributed by atoms with Gasteiger partial charge < -0.3 is 5.11 Å². The van der Waals surface area contributed by atoms with E-state index in [1.165, 1.54) is 11.1 Å². The van der Waals surface area contributed by atoms with Crippen LogP contribution in [0.15, 0.2) is 54.6 Å². The zero-order chi connectivity index (χ0) is 18.0. The number of carboxylic acid groups (broad SMARTS) is 1. The summed E-state index contributed by atoms with van der Waals surface area (Å²) in [7, 11) is 0. The Labute approximate surface area is 150 Å². The van der Waals surface area contributed by atoms with Gasteiger partial charge in [0.15, 0.2) is 0 Å². The van der Waals surface area contributed by atoms with Gasteiger partial charge in [0.1, 0.15) is 0 Å². The standard InChI is InChI=1S/C22H27NO2/c1-22(2,3)18-11-7-10-17(12-18)19-14-23(15-20(19)21(24)25)13-16-8-5-4-6-9-16/h4-12,19-20H,13-15H2,1-3H3,(H,24,25). The zero-order valence-electron chi connectivity index (χ0n) is 15.3. The Hall–Kier alpha value is -2.13. The van der Waals surface area contributed by atoms with Crippen molar-refractivity contribution >= 4 is 5.97 Å². The second kappa shape index (κ2) is 7.01. The van der Waals surface area contributed by atoms with Crippen molar-refractivity contribution in [1.82, 2.24) is 4.90 Å². The Bertz CT molecular complexity index is 733. The van der Waals surface area contributed by atoms with Crippen LogP contribution in [0.2, 0.25) is 0 Å². The summed E-state index contributed by atoms with van der Waals surface area (Å²) < 4.78 is 0. The van der Waals surface area contributed by atoms with Gasteiger partial charge in [0.25, 0.3) is 0 Å². The molecule has 1 heterocycles. The minimum atomic E-state index is -0.693. The van der Waals surface area contributed by atoms with Crippen molar-refractivity contribution in [3.8, 4) is 0 Å². The lowest BCUT2D eigenvalue weighted by Crippen LogP contribution is -2.23. The lowest BCUT2D eigenvalue weighted by molar-refractivity contribution is -0.141. The number of hydrogen-bond acceptors (Lipinski definition) is 2. The third-order valence-corrected chi connectivity index (χ3v) is 5.14. The van der Waals surface area contributed by atoms with E-state index in [9.17, 15) is 9.90 Å². The summed E-state index contributed by atoms with van der Waals surface area (Å²) in [5.74, 6) is -0.996. The largest absolute Gasteiger partial charge is 0.481 e. The molecule has 0 aliphatic carbocycles. The summed E-state index contributed by atoms with van der Waals surface area (Å²) >= 11 is 0. The van der Waals surface area contributed by atoms with E-state index in [1.807, 2.05) is 18.2 Å². The molecule has 132 valence electrons. The molecule has 3 nitrogen and oxygen atoms in total. The van der Waals surface area contributed by atoms with Gasteiger partial charge >= 0.3 is 5.97 Å². The molecule has 0 aromatic heterocycles. The average molecular weight is 337 g/mol. The molecule has 0 radical (unpaired) electrons. The number of benzene rings is 2. The molecule has 0 bridgehead atoms. The molecule has 2 aromatic carbocycles. The van der Waals surface area contributed by atoms with Crippen LogP contribution in [0.1, 0.15) is 43.4 Å². The lowest BCUT2D eigenvalue weighted by Gasteiger charge is -2.22. The second-order valence-electron chi connectivity index (χ2n) is 8.11. The first-order chi connectivity index (χ1) is 11.8. The van der Waals surface area contributed by atoms with Crippen molar-refractivity contribution in [3.63, 3.8) is 0 Å². The third-order valence-electron chi connectivity index (χ3n) is 5.14. The fourth-order valence-electron chi connectivity index (χ4n) is 3.68. The number of carbonyl (C=O) groups is 1. The lowest BCUT2D eigenvalue weighted by atomic mass is 9.82. The van der Waals surface area contributed by atoms with Gasteiger partial charge in [-0.15, -0.1) is 0 Å². The zero-order valence-corrected chi connectivity index (χ0v) is 15.3. The van der Waals surface area contributed by atoms with Gasteiger partial charge in [-0.1, -0.05) is 75.4 Å². The first-order valence-corrected chi connectivity index (χ1v) is 8.94. The van der Waals surface area contributed by atoms with Crippen LogP contribution in [0, 0.1) is 5.92 Å². The molecule has 0 spiro atoms. The van der Waals surface area contributed by atoms with E-state index in [-0.39, 0.29) is 17.3 Å². The Morgan fingerprint density at radius 1 is 1.08 bits per heavy atom. The average Bonchev–Trinajstić information content (AvgIpc) is 2.99. The summed E-state index contributed by atoms with van der Waals surface area (Å²) in [5, 5.41) is 9.73. The maximum absolute atomic E-state index is 11.8. The van der Waals surface area contributed by atoms with E-state index >= 15 is 0 Å². The van der Waals surface area contributed by atoms with Gasteiger partial charge in [-0.05, 0) is 22.1 Å². The summed E-state index contributed by atoms with van der Waals surface area (Å²) in [6.07, 6.45) is 0. The first kappa shape index (κ1) is 17.7. The van der Waals surface area contributed by atoms with Crippen LogP contribution in [-0.2, 0) is 16.8 Å². The Kier molecular flexibility index (Phi) is 4.96. The molecule has 3 rings (SSSR count). The second-order valence-corrected chi connectivity index (χ2v) is 8.11. The molecule has 2 atom stereocenters. The molecule has 1 saturated heterocycles. The van der Waals surface area contributed by atoms with Crippen molar-refractivity contribution < 1.29 is 9.90 Å². The fourth-order valence-corrected chi connectivity index (χ4v) is 3.68. The van der Waals surface area contributed by atoms with Crippen LogP contribution in [0.3, 0.4) is 0 Å². The molecule has 3 heteroatoms. The smallest absolute Gasteiger partial charge is 0.308 e. The minimum Gasteiger partial charge on any atom is -0.481 e. The van der Waals surface area contributed by atoms with Gasteiger partial charge in [0.05, 0.1) is 5.92 Å². The van der Waals surface area contributed by atoms with Crippen molar-refractivity contribution in [2.24, 2.45) is 5.92 Å². The van der Waals surface area contributed by atoms with E-state index < -0.39 is 5.97 Å². The molecule has 0 saturated carbocycles. The van der Waals surface area contributed by atoms with Crippen molar-refractivity contribution in [2.75, 3.05) is 13.1 Å². The van der Waals surface area contributed by atoms with E-state index in [0.29, 0.717) is 6.54 Å². The molecular formula is C22H27NO2. The van der Waals surface area contributed by atoms with Crippen LogP contribution in [-0.4, -0.2) is 29.1 Å². The highest BCUT2D eigenvalue weighted by atomic mass is 16.4. The van der Waals surface area contributed by atoms with Crippen LogP contribution in [0.5, 0.6) is 0 Å². The normalized spacial score (nSPS) is 21.4.